The minimum absolute atomic E-state index is 0.000651. The van der Waals surface area contributed by atoms with Gasteiger partial charge in [0, 0.05) is 19.2 Å². The normalized spacial score (nSPS) is 17.2. The standard InChI is InChI=1S/C18H25N3O7S/c1-4-8-19-17(22)18(23)20-12-16-21(9-5-10-28-16)29(24,25)13-6-7-14(26-2)15(11-13)27-3/h4,6-7,11,16H,1,5,8-10,12H2,2-3H3,(H,19,22)(H,20,23). The molecule has 0 saturated carbocycles. The van der Waals surface area contributed by atoms with Crippen molar-refractivity contribution >= 4 is 21.8 Å². The fourth-order valence-electron chi connectivity index (χ4n) is 2.72. The van der Waals surface area contributed by atoms with Crippen molar-refractivity contribution in [2.75, 3.05) is 40.5 Å². The maximum atomic E-state index is 13.1. The number of methoxy groups -OCH3 is 2. The number of carbonyl (C=O) groups is 2. The molecule has 1 heterocycles. The summed E-state index contributed by atoms with van der Waals surface area (Å²) < 4.78 is 43.3. The summed E-state index contributed by atoms with van der Waals surface area (Å²) in [6.45, 7) is 3.96. The largest absolute Gasteiger partial charge is 0.493 e. The highest BCUT2D eigenvalue weighted by Gasteiger charge is 2.35. The zero-order chi connectivity index (χ0) is 21.4. The van der Waals surface area contributed by atoms with Crippen molar-refractivity contribution in [1.82, 2.24) is 14.9 Å². The SMILES string of the molecule is C=CCNC(=O)C(=O)NCC1OCCCN1S(=O)(=O)c1ccc(OC)c(OC)c1. The molecule has 1 atom stereocenters. The topological polar surface area (TPSA) is 123 Å². The summed E-state index contributed by atoms with van der Waals surface area (Å²) in [6.07, 6.45) is 0.988. The molecule has 1 aliphatic heterocycles. The number of nitrogens with one attached hydrogen (secondary N) is 2. The van der Waals surface area contributed by atoms with Crippen molar-refractivity contribution in [2.45, 2.75) is 17.5 Å². The van der Waals surface area contributed by atoms with Crippen molar-refractivity contribution < 1.29 is 32.2 Å². The fraction of sp³-hybridized carbons (Fsp3) is 0.444. The molecule has 2 amide bonds. The highest BCUT2D eigenvalue weighted by Crippen LogP contribution is 2.31. The predicted molar refractivity (Wildman–Crippen MR) is 104 cm³/mol. The van der Waals surface area contributed by atoms with Gasteiger partial charge in [0.25, 0.3) is 0 Å². The summed E-state index contributed by atoms with van der Waals surface area (Å²) in [6, 6.07) is 4.27. The molecule has 1 unspecified atom stereocenters. The van der Waals surface area contributed by atoms with Gasteiger partial charge in [-0.1, -0.05) is 6.08 Å². The number of amides is 2. The Morgan fingerprint density at radius 2 is 1.93 bits per heavy atom. The molecule has 1 aromatic carbocycles. The molecule has 0 spiro atoms. The minimum Gasteiger partial charge on any atom is -0.493 e. The Kier molecular flexibility index (Phi) is 8.00. The second-order valence-electron chi connectivity index (χ2n) is 6.02. The smallest absolute Gasteiger partial charge is 0.309 e. The molecule has 10 nitrogen and oxygen atoms in total. The summed E-state index contributed by atoms with van der Waals surface area (Å²) in [5, 5.41) is 4.74. The summed E-state index contributed by atoms with van der Waals surface area (Å²) in [7, 11) is -1.08. The summed E-state index contributed by atoms with van der Waals surface area (Å²) >= 11 is 0. The van der Waals surface area contributed by atoms with Crippen LogP contribution in [-0.4, -0.2) is 71.2 Å². The van der Waals surface area contributed by atoms with Crippen LogP contribution in [0, 0.1) is 0 Å². The number of hydrogen-bond donors (Lipinski definition) is 2. The van der Waals surface area contributed by atoms with Crippen LogP contribution in [0.1, 0.15) is 6.42 Å². The Morgan fingerprint density at radius 3 is 2.59 bits per heavy atom. The molecule has 11 heteroatoms. The monoisotopic (exact) mass is 427 g/mol. The first-order valence-corrected chi connectivity index (χ1v) is 10.3. The molecule has 0 radical (unpaired) electrons. The lowest BCUT2D eigenvalue weighted by molar-refractivity contribution is -0.140. The van der Waals surface area contributed by atoms with Gasteiger partial charge in [0.15, 0.2) is 11.5 Å². The summed E-state index contributed by atoms with van der Waals surface area (Å²) in [5.74, 6) is -1.05. The van der Waals surface area contributed by atoms with E-state index in [9.17, 15) is 18.0 Å². The van der Waals surface area contributed by atoms with Gasteiger partial charge in [0.1, 0.15) is 6.23 Å². The number of carbonyl (C=O) groups excluding carboxylic acids is 2. The van der Waals surface area contributed by atoms with Crippen LogP contribution in [0.15, 0.2) is 35.7 Å². The summed E-state index contributed by atoms with van der Waals surface area (Å²) in [5.41, 5.74) is 0. The van der Waals surface area contributed by atoms with Crippen LogP contribution >= 0.6 is 0 Å². The van der Waals surface area contributed by atoms with Gasteiger partial charge in [0.2, 0.25) is 10.0 Å². The third kappa shape index (κ3) is 5.46. The van der Waals surface area contributed by atoms with E-state index in [1.165, 1.54) is 38.5 Å². The Balaban J connectivity index is 2.16. The Hall–Kier alpha value is -2.63. The Morgan fingerprint density at radius 1 is 1.24 bits per heavy atom. The Labute approximate surface area is 169 Å². The molecular formula is C18H25N3O7S. The number of nitrogens with zero attached hydrogens (tertiary/aromatic N) is 1. The van der Waals surface area contributed by atoms with Gasteiger partial charge in [-0.15, -0.1) is 6.58 Å². The average Bonchev–Trinajstić information content (AvgIpc) is 2.75. The van der Waals surface area contributed by atoms with Crippen molar-refractivity contribution in [2.24, 2.45) is 0 Å². The van der Waals surface area contributed by atoms with E-state index in [1.807, 2.05) is 0 Å². The van der Waals surface area contributed by atoms with E-state index in [0.29, 0.717) is 18.8 Å². The number of sulfonamides is 1. The first kappa shape index (κ1) is 22.7. The van der Waals surface area contributed by atoms with E-state index >= 15 is 0 Å². The second-order valence-corrected chi connectivity index (χ2v) is 7.91. The molecule has 0 aromatic heterocycles. The molecule has 0 bridgehead atoms. The molecule has 1 aliphatic rings. The van der Waals surface area contributed by atoms with Gasteiger partial charge in [-0.05, 0) is 18.6 Å². The number of hydrogen-bond acceptors (Lipinski definition) is 7. The third-order valence-corrected chi connectivity index (χ3v) is 6.05. The van der Waals surface area contributed by atoms with Crippen LogP contribution in [-0.2, 0) is 24.3 Å². The lowest BCUT2D eigenvalue weighted by atomic mass is 10.3. The maximum absolute atomic E-state index is 13.1. The lowest BCUT2D eigenvalue weighted by Gasteiger charge is -2.34. The molecule has 160 valence electrons. The van der Waals surface area contributed by atoms with Crippen molar-refractivity contribution in [3.63, 3.8) is 0 Å². The average molecular weight is 427 g/mol. The van der Waals surface area contributed by atoms with Gasteiger partial charge in [-0.25, -0.2) is 8.42 Å². The van der Waals surface area contributed by atoms with Gasteiger partial charge >= 0.3 is 11.8 Å². The van der Waals surface area contributed by atoms with Crippen LogP contribution in [0.2, 0.25) is 0 Å². The highest BCUT2D eigenvalue weighted by atomic mass is 32.2. The second kappa shape index (κ2) is 10.2. The minimum atomic E-state index is -3.94. The van der Waals surface area contributed by atoms with Crippen molar-refractivity contribution in [3.05, 3.63) is 30.9 Å². The summed E-state index contributed by atoms with van der Waals surface area (Å²) in [4.78, 5) is 23.5. The lowest BCUT2D eigenvalue weighted by Crippen LogP contribution is -2.53. The van der Waals surface area contributed by atoms with E-state index in [-0.39, 0.29) is 30.3 Å². The van der Waals surface area contributed by atoms with E-state index in [1.54, 1.807) is 0 Å². The molecule has 2 rings (SSSR count). The molecule has 0 aliphatic carbocycles. The number of benzene rings is 1. The van der Waals surface area contributed by atoms with Crippen LogP contribution < -0.4 is 20.1 Å². The molecule has 29 heavy (non-hydrogen) atoms. The number of rotatable bonds is 8. The Bertz CT molecular complexity index is 857. The van der Waals surface area contributed by atoms with Gasteiger partial charge < -0.3 is 24.8 Å². The quantitative estimate of drug-likeness (QED) is 0.437. The van der Waals surface area contributed by atoms with E-state index in [0.717, 1.165) is 4.31 Å². The van der Waals surface area contributed by atoms with E-state index < -0.39 is 28.1 Å². The van der Waals surface area contributed by atoms with Crippen LogP contribution in [0.3, 0.4) is 0 Å². The molecule has 1 aromatic rings. The van der Waals surface area contributed by atoms with E-state index in [2.05, 4.69) is 17.2 Å². The zero-order valence-electron chi connectivity index (χ0n) is 16.3. The first-order valence-electron chi connectivity index (χ1n) is 8.87. The van der Waals surface area contributed by atoms with E-state index in [4.69, 9.17) is 14.2 Å². The van der Waals surface area contributed by atoms with Crippen LogP contribution in [0.5, 0.6) is 11.5 Å². The number of ether oxygens (including phenoxy) is 3. The van der Waals surface area contributed by atoms with Gasteiger partial charge in [-0.3, -0.25) is 9.59 Å². The molecule has 1 fully saturated rings. The van der Waals surface area contributed by atoms with Gasteiger partial charge in [-0.2, -0.15) is 4.31 Å². The first-order chi connectivity index (χ1) is 13.8. The van der Waals surface area contributed by atoms with Gasteiger partial charge in [0.05, 0.1) is 32.3 Å². The fourth-order valence-corrected chi connectivity index (χ4v) is 4.30. The van der Waals surface area contributed by atoms with Crippen molar-refractivity contribution in [1.29, 1.82) is 0 Å². The predicted octanol–water partition coefficient (Wildman–Crippen LogP) is -0.141. The van der Waals surface area contributed by atoms with Crippen LogP contribution in [0.25, 0.3) is 0 Å². The third-order valence-electron chi connectivity index (χ3n) is 4.17. The molecule has 1 saturated heterocycles. The zero-order valence-corrected chi connectivity index (χ0v) is 17.2. The maximum Gasteiger partial charge on any atom is 0.309 e. The van der Waals surface area contributed by atoms with Crippen molar-refractivity contribution in [3.8, 4) is 11.5 Å². The molecular weight excluding hydrogens is 402 g/mol. The molecule has 2 N–H and O–H groups in total. The van der Waals surface area contributed by atoms with Crippen LogP contribution in [0.4, 0.5) is 0 Å². The highest BCUT2D eigenvalue weighted by molar-refractivity contribution is 7.89.